The van der Waals surface area contributed by atoms with Crippen molar-refractivity contribution < 1.29 is 4.52 Å². The lowest BCUT2D eigenvalue weighted by Gasteiger charge is -2.35. The van der Waals surface area contributed by atoms with Gasteiger partial charge in [0.05, 0.1) is 6.54 Å². The van der Waals surface area contributed by atoms with Crippen LogP contribution in [0.4, 0.5) is 5.82 Å². The van der Waals surface area contributed by atoms with Gasteiger partial charge in [-0.25, -0.2) is 9.97 Å². The average Bonchev–Trinajstić information content (AvgIpc) is 3.16. The van der Waals surface area contributed by atoms with Gasteiger partial charge in [-0.3, -0.25) is 4.90 Å². The van der Waals surface area contributed by atoms with Crippen molar-refractivity contribution >= 4 is 5.82 Å². The summed E-state index contributed by atoms with van der Waals surface area (Å²) >= 11 is 0. The van der Waals surface area contributed by atoms with Crippen LogP contribution in [0.3, 0.4) is 0 Å². The van der Waals surface area contributed by atoms with Crippen LogP contribution in [-0.2, 0) is 12.0 Å². The van der Waals surface area contributed by atoms with Gasteiger partial charge in [0.15, 0.2) is 0 Å². The molecule has 1 aliphatic heterocycles. The third-order valence-corrected chi connectivity index (χ3v) is 5.22. The SMILES string of the molecule is Cc1ccccc1-c1noc(CN2CCN(c3ccnc(C(C)(C)C)n3)CC2)n1. The Bertz CT molecular complexity index is 969. The molecule has 1 saturated heterocycles. The first-order valence-electron chi connectivity index (χ1n) is 10.1. The minimum atomic E-state index is -0.0510. The molecule has 0 amide bonds. The lowest BCUT2D eigenvalue weighted by atomic mass is 9.96. The molecule has 7 nitrogen and oxygen atoms in total. The third-order valence-electron chi connectivity index (χ3n) is 5.22. The lowest BCUT2D eigenvalue weighted by Crippen LogP contribution is -2.46. The predicted molar refractivity (Wildman–Crippen MR) is 113 cm³/mol. The van der Waals surface area contributed by atoms with E-state index in [4.69, 9.17) is 9.51 Å². The Kier molecular flexibility index (Phi) is 5.32. The third kappa shape index (κ3) is 4.45. The normalized spacial score (nSPS) is 15.7. The highest BCUT2D eigenvalue weighted by atomic mass is 16.5. The molecule has 3 heterocycles. The summed E-state index contributed by atoms with van der Waals surface area (Å²) in [5.41, 5.74) is 2.11. The van der Waals surface area contributed by atoms with Crippen LogP contribution in [0, 0.1) is 6.92 Å². The second kappa shape index (κ2) is 7.91. The molecular formula is C22H28N6O. The highest BCUT2D eigenvalue weighted by Gasteiger charge is 2.23. The summed E-state index contributed by atoms with van der Waals surface area (Å²) in [4.78, 5) is 18.5. The Morgan fingerprint density at radius 2 is 1.76 bits per heavy atom. The van der Waals surface area contributed by atoms with E-state index in [0.29, 0.717) is 18.3 Å². The van der Waals surface area contributed by atoms with E-state index in [2.05, 4.69) is 58.7 Å². The number of rotatable bonds is 4. The molecule has 0 atom stereocenters. The highest BCUT2D eigenvalue weighted by Crippen LogP contribution is 2.22. The van der Waals surface area contributed by atoms with E-state index in [-0.39, 0.29) is 5.41 Å². The maximum absolute atomic E-state index is 5.50. The van der Waals surface area contributed by atoms with Gasteiger partial charge in [0.2, 0.25) is 11.7 Å². The molecule has 0 spiro atoms. The quantitative estimate of drug-likeness (QED) is 0.673. The maximum atomic E-state index is 5.50. The molecule has 7 heteroatoms. The largest absolute Gasteiger partial charge is 0.354 e. The summed E-state index contributed by atoms with van der Waals surface area (Å²) in [5, 5.41) is 4.17. The van der Waals surface area contributed by atoms with Crippen molar-refractivity contribution in [2.75, 3.05) is 31.1 Å². The smallest absolute Gasteiger partial charge is 0.241 e. The van der Waals surface area contributed by atoms with Crippen LogP contribution >= 0.6 is 0 Å². The minimum absolute atomic E-state index is 0.0510. The van der Waals surface area contributed by atoms with Crippen LogP contribution in [0.1, 0.15) is 38.0 Å². The number of hydrogen-bond acceptors (Lipinski definition) is 7. The zero-order chi connectivity index (χ0) is 20.4. The van der Waals surface area contributed by atoms with Crippen LogP contribution in [0.25, 0.3) is 11.4 Å². The number of hydrogen-bond donors (Lipinski definition) is 0. The summed E-state index contributed by atoms with van der Waals surface area (Å²) in [6, 6.07) is 10.1. The summed E-state index contributed by atoms with van der Waals surface area (Å²) in [7, 11) is 0. The van der Waals surface area contributed by atoms with Crippen LogP contribution in [0.2, 0.25) is 0 Å². The van der Waals surface area contributed by atoms with Crippen molar-refractivity contribution in [3.8, 4) is 11.4 Å². The van der Waals surface area contributed by atoms with E-state index in [9.17, 15) is 0 Å². The first-order valence-corrected chi connectivity index (χ1v) is 10.1. The first kappa shape index (κ1) is 19.5. The van der Waals surface area contributed by atoms with Crippen molar-refractivity contribution in [3.05, 3.63) is 53.8 Å². The number of nitrogens with zero attached hydrogens (tertiary/aromatic N) is 6. The van der Waals surface area contributed by atoms with Crippen molar-refractivity contribution in [2.45, 2.75) is 39.7 Å². The number of anilines is 1. The van der Waals surface area contributed by atoms with Crippen molar-refractivity contribution in [1.82, 2.24) is 25.0 Å². The molecule has 0 bridgehead atoms. The first-order chi connectivity index (χ1) is 13.9. The second-order valence-electron chi connectivity index (χ2n) is 8.58. The van der Waals surface area contributed by atoms with Crippen LogP contribution in [-0.4, -0.2) is 51.2 Å². The van der Waals surface area contributed by atoms with Gasteiger partial charge in [-0.1, -0.05) is 50.2 Å². The maximum Gasteiger partial charge on any atom is 0.241 e. The van der Waals surface area contributed by atoms with Gasteiger partial charge in [-0.05, 0) is 18.6 Å². The molecule has 0 unspecified atom stereocenters. The zero-order valence-corrected chi connectivity index (χ0v) is 17.6. The fourth-order valence-electron chi connectivity index (χ4n) is 3.47. The number of piperazine rings is 1. The van der Waals surface area contributed by atoms with Crippen LogP contribution < -0.4 is 4.90 Å². The zero-order valence-electron chi connectivity index (χ0n) is 17.6. The number of aromatic nitrogens is 4. The fourth-order valence-corrected chi connectivity index (χ4v) is 3.47. The minimum Gasteiger partial charge on any atom is -0.354 e. The molecule has 4 rings (SSSR count). The summed E-state index contributed by atoms with van der Waals surface area (Å²) in [6.07, 6.45) is 1.86. The van der Waals surface area contributed by atoms with Gasteiger partial charge in [0.1, 0.15) is 11.6 Å². The molecule has 29 heavy (non-hydrogen) atoms. The summed E-state index contributed by atoms with van der Waals surface area (Å²) in [6.45, 7) is 12.8. The second-order valence-corrected chi connectivity index (χ2v) is 8.58. The van der Waals surface area contributed by atoms with E-state index in [1.54, 1.807) is 0 Å². The number of benzene rings is 1. The van der Waals surface area contributed by atoms with Gasteiger partial charge in [0, 0.05) is 43.4 Å². The molecule has 1 fully saturated rings. The van der Waals surface area contributed by atoms with E-state index < -0.39 is 0 Å². The number of aryl methyl sites for hydroxylation is 1. The molecule has 152 valence electrons. The van der Waals surface area contributed by atoms with Gasteiger partial charge >= 0.3 is 0 Å². The van der Waals surface area contributed by atoms with Gasteiger partial charge < -0.3 is 9.42 Å². The van der Waals surface area contributed by atoms with Gasteiger partial charge in [-0.2, -0.15) is 4.98 Å². The standard InChI is InChI=1S/C22H28N6O/c1-16-7-5-6-8-17(16)20-25-19(29-26-20)15-27-11-13-28(14-12-27)18-9-10-23-21(24-18)22(2,3)4/h5-10H,11-15H2,1-4H3. The van der Waals surface area contributed by atoms with Gasteiger partial charge in [-0.15, -0.1) is 0 Å². The van der Waals surface area contributed by atoms with E-state index >= 15 is 0 Å². The molecule has 0 aliphatic carbocycles. The molecule has 1 aliphatic rings. The molecule has 0 radical (unpaired) electrons. The monoisotopic (exact) mass is 392 g/mol. The van der Waals surface area contributed by atoms with Crippen molar-refractivity contribution in [2.24, 2.45) is 0 Å². The Labute approximate surface area is 171 Å². The fraction of sp³-hybridized carbons (Fsp3) is 0.455. The molecule has 2 aromatic heterocycles. The Balaban J connectivity index is 1.37. The summed E-state index contributed by atoms with van der Waals surface area (Å²) in [5.74, 6) is 3.21. The highest BCUT2D eigenvalue weighted by molar-refractivity contribution is 5.58. The van der Waals surface area contributed by atoms with Crippen LogP contribution in [0.5, 0.6) is 0 Å². The molecule has 0 N–H and O–H groups in total. The molecule has 0 saturated carbocycles. The van der Waals surface area contributed by atoms with Crippen molar-refractivity contribution in [1.29, 1.82) is 0 Å². The van der Waals surface area contributed by atoms with E-state index in [0.717, 1.165) is 48.9 Å². The van der Waals surface area contributed by atoms with E-state index in [1.807, 2.05) is 30.5 Å². The molecule has 1 aromatic carbocycles. The van der Waals surface area contributed by atoms with Crippen LogP contribution in [0.15, 0.2) is 41.1 Å². The van der Waals surface area contributed by atoms with Gasteiger partial charge in [0.25, 0.3) is 0 Å². The summed E-state index contributed by atoms with van der Waals surface area (Å²) < 4.78 is 5.50. The Hall–Kier alpha value is -2.80. The molecule has 3 aromatic rings. The Morgan fingerprint density at radius 1 is 1.00 bits per heavy atom. The predicted octanol–water partition coefficient (Wildman–Crippen LogP) is 3.45. The van der Waals surface area contributed by atoms with E-state index in [1.165, 1.54) is 0 Å². The Morgan fingerprint density at radius 3 is 2.48 bits per heavy atom. The van der Waals surface area contributed by atoms with Crippen molar-refractivity contribution in [3.63, 3.8) is 0 Å². The lowest BCUT2D eigenvalue weighted by molar-refractivity contribution is 0.215. The topological polar surface area (TPSA) is 71.2 Å². The molecular weight excluding hydrogens is 364 g/mol. The average molecular weight is 393 g/mol.